The van der Waals surface area contributed by atoms with Crippen LogP contribution in [-0.4, -0.2) is 36.9 Å². The second-order valence-electron chi connectivity index (χ2n) is 3.96. The number of carboxylic acids is 1. The lowest BCUT2D eigenvalue weighted by molar-refractivity contribution is -0.133. The van der Waals surface area contributed by atoms with Crippen LogP contribution in [0, 0.1) is 6.92 Å². The Balaban J connectivity index is 2.77. The number of benzene rings is 1. The number of nitrogens with two attached hydrogens (primary N) is 1. The van der Waals surface area contributed by atoms with Crippen LogP contribution < -0.4 is 10.5 Å². The first-order valence-corrected chi connectivity index (χ1v) is 8.13. The van der Waals surface area contributed by atoms with Crippen LogP contribution in [0.1, 0.15) is 5.56 Å². The third-order valence-electron chi connectivity index (χ3n) is 2.27. The minimum atomic E-state index is -3.84. The number of aliphatic carboxylic acids is 1. The number of nitrogens with one attached hydrogen (secondary N) is 1. The highest BCUT2D eigenvalue weighted by Gasteiger charge is 2.12. The van der Waals surface area contributed by atoms with Crippen LogP contribution in [0.3, 0.4) is 0 Å². The van der Waals surface area contributed by atoms with Gasteiger partial charge in [0, 0.05) is 5.69 Å². The zero-order valence-corrected chi connectivity index (χ0v) is 12.3. The molecule has 0 saturated heterocycles. The van der Waals surface area contributed by atoms with E-state index in [0.717, 1.165) is 11.8 Å². The van der Waals surface area contributed by atoms with Gasteiger partial charge in [0.15, 0.2) is 0 Å². The number of aryl methyl sites for hydroxylation is 1. The summed E-state index contributed by atoms with van der Waals surface area (Å²) in [5, 5.41) is 16.0. The maximum absolute atomic E-state index is 11.6. The van der Waals surface area contributed by atoms with Gasteiger partial charge in [0.25, 0.3) is 0 Å². The van der Waals surface area contributed by atoms with E-state index < -0.39 is 21.9 Å². The van der Waals surface area contributed by atoms with Gasteiger partial charge in [-0.25, -0.2) is 13.6 Å². The monoisotopic (exact) mass is 318 g/mol. The highest BCUT2D eigenvalue weighted by atomic mass is 32.2. The molecule has 0 radical (unpaired) electrons. The number of carbonyl (C=O) groups is 2. The number of hydrogen-bond donors (Lipinski definition) is 3. The van der Waals surface area contributed by atoms with Crippen molar-refractivity contribution in [3.8, 4) is 0 Å². The Hall–Kier alpha value is -1.58. The first kappa shape index (κ1) is 16.5. The zero-order valence-electron chi connectivity index (χ0n) is 10.6. The predicted molar refractivity (Wildman–Crippen MR) is 76.1 cm³/mol. The molecule has 0 spiro atoms. The number of hydrogen-bond acceptors (Lipinski definition) is 5. The van der Waals surface area contributed by atoms with Gasteiger partial charge in [0.1, 0.15) is 0 Å². The Labute approximate surface area is 120 Å². The molecule has 1 aromatic rings. The highest BCUT2D eigenvalue weighted by Crippen LogP contribution is 2.19. The molecule has 7 nitrogen and oxygen atoms in total. The Morgan fingerprint density at radius 3 is 2.55 bits per heavy atom. The van der Waals surface area contributed by atoms with Crippen molar-refractivity contribution in [1.29, 1.82) is 0 Å². The molecule has 0 aliphatic carbocycles. The van der Waals surface area contributed by atoms with Crippen molar-refractivity contribution >= 4 is 39.3 Å². The molecular formula is C11H14N2O5S2. The van der Waals surface area contributed by atoms with Crippen LogP contribution in [0.5, 0.6) is 0 Å². The molecule has 0 heterocycles. The molecule has 20 heavy (non-hydrogen) atoms. The number of carbonyl (C=O) groups excluding carboxylic acids is 1. The Morgan fingerprint density at radius 1 is 1.35 bits per heavy atom. The van der Waals surface area contributed by atoms with Gasteiger partial charge in [-0.3, -0.25) is 9.59 Å². The molecule has 1 rings (SSSR count). The number of anilines is 1. The molecule has 0 aliphatic rings. The van der Waals surface area contributed by atoms with E-state index in [9.17, 15) is 18.0 Å². The van der Waals surface area contributed by atoms with Crippen molar-refractivity contribution in [1.82, 2.24) is 0 Å². The third kappa shape index (κ3) is 5.19. The predicted octanol–water partition coefficient (Wildman–Crippen LogP) is 0.399. The van der Waals surface area contributed by atoms with Gasteiger partial charge >= 0.3 is 5.97 Å². The van der Waals surface area contributed by atoms with E-state index in [1.54, 1.807) is 6.92 Å². The van der Waals surface area contributed by atoms with E-state index in [2.05, 4.69) is 5.32 Å². The van der Waals surface area contributed by atoms with Gasteiger partial charge in [-0.05, 0) is 24.6 Å². The van der Waals surface area contributed by atoms with Crippen LogP contribution in [0.4, 0.5) is 5.69 Å². The normalized spacial score (nSPS) is 11.1. The van der Waals surface area contributed by atoms with Crippen LogP contribution >= 0.6 is 11.8 Å². The molecule has 0 aromatic heterocycles. The van der Waals surface area contributed by atoms with Crippen molar-refractivity contribution in [2.75, 3.05) is 16.8 Å². The zero-order chi connectivity index (χ0) is 15.3. The molecule has 0 fully saturated rings. The maximum atomic E-state index is 11.6. The summed E-state index contributed by atoms with van der Waals surface area (Å²) < 4.78 is 22.4. The summed E-state index contributed by atoms with van der Waals surface area (Å²) >= 11 is 0.950. The van der Waals surface area contributed by atoms with Crippen molar-refractivity contribution in [3.05, 3.63) is 23.8 Å². The van der Waals surface area contributed by atoms with Crippen molar-refractivity contribution in [3.63, 3.8) is 0 Å². The minimum Gasteiger partial charge on any atom is -0.481 e. The van der Waals surface area contributed by atoms with E-state index in [-0.39, 0.29) is 16.4 Å². The molecule has 0 atom stereocenters. The number of primary sulfonamides is 1. The van der Waals surface area contributed by atoms with Crippen LogP contribution in [0.2, 0.25) is 0 Å². The molecule has 0 saturated carbocycles. The van der Waals surface area contributed by atoms with Gasteiger partial charge in [-0.2, -0.15) is 0 Å². The Bertz CT molecular complexity index is 628. The Kier molecular flexibility index (Phi) is 5.54. The van der Waals surface area contributed by atoms with Crippen molar-refractivity contribution < 1.29 is 23.1 Å². The number of rotatable bonds is 6. The number of carboxylic acid groups (broad SMARTS) is 1. The van der Waals surface area contributed by atoms with Crippen LogP contribution in [0.25, 0.3) is 0 Å². The van der Waals surface area contributed by atoms with Gasteiger partial charge in [0.2, 0.25) is 15.9 Å². The first-order valence-electron chi connectivity index (χ1n) is 5.43. The fourth-order valence-electron chi connectivity index (χ4n) is 1.33. The van der Waals surface area contributed by atoms with Gasteiger partial charge in [-0.15, -0.1) is 11.8 Å². The number of sulfonamides is 1. The largest absolute Gasteiger partial charge is 0.481 e. The lowest BCUT2D eigenvalue weighted by atomic mass is 10.2. The van der Waals surface area contributed by atoms with E-state index >= 15 is 0 Å². The van der Waals surface area contributed by atoms with E-state index in [0.29, 0.717) is 11.3 Å². The molecular weight excluding hydrogens is 304 g/mol. The molecule has 110 valence electrons. The fourth-order valence-corrected chi connectivity index (χ4v) is 2.40. The summed E-state index contributed by atoms with van der Waals surface area (Å²) in [5.41, 5.74) is 1.01. The fraction of sp³-hybridized carbons (Fsp3) is 0.273. The van der Waals surface area contributed by atoms with Crippen molar-refractivity contribution in [2.45, 2.75) is 11.8 Å². The molecule has 0 aliphatic heterocycles. The maximum Gasteiger partial charge on any atom is 0.313 e. The van der Waals surface area contributed by atoms with E-state index in [1.165, 1.54) is 18.2 Å². The summed E-state index contributed by atoms with van der Waals surface area (Å²) in [4.78, 5) is 21.8. The molecule has 9 heteroatoms. The SMILES string of the molecule is Cc1ccc(S(N)(=O)=O)cc1NC(=O)CSCC(=O)O. The average molecular weight is 318 g/mol. The van der Waals surface area contributed by atoms with Gasteiger partial charge in [-0.1, -0.05) is 6.07 Å². The second-order valence-corrected chi connectivity index (χ2v) is 6.50. The minimum absolute atomic E-state index is 0.0364. The number of amides is 1. The summed E-state index contributed by atoms with van der Waals surface area (Å²) in [6.45, 7) is 1.70. The molecule has 0 unspecified atom stereocenters. The lowest BCUT2D eigenvalue weighted by Crippen LogP contribution is -2.17. The van der Waals surface area contributed by atoms with E-state index in [1.807, 2.05) is 0 Å². The van der Waals surface area contributed by atoms with Gasteiger partial charge < -0.3 is 10.4 Å². The number of thioether (sulfide) groups is 1. The van der Waals surface area contributed by atoms with Crippen LogP contribution in [-0.2, 0) is 19.6 Å². The van der Waals surface area contributed by atoms with Crippen LogP contribution in [0.15, 0.2) is 23.1 Å². The molecule has 1 amide bonds. The lowest BCUT2D eigenvalue weighted by Gasteiger charge is -2.09. The topological polar surface area (TPSA) is 127 Å². The van der Waals surface area contributed by atoms with Gasteiger partial charge in [0.05, 0.1) is 16.4 Å². The molecule has 0 bridgehead atoms. The summed E-state index contributed by atoms with van der Waals surface area (Å²) in [6, 6.07) is 4.14. The summed E-state index contributed by atoms with van der Waals surface area (Å²) in [6.07, 6.45) is 0. The highest BCUT2D eigenvalue weighted by molar-refractivity contribution is 8.00. The second kappa shape index (κ2) is 6.73. The molecule has 1 aromatic carbocycles. The van der Waals surface area contributed by atoms with E-state index in [4.69, 9.17) is 10.2 Å². The summed E-state index contributed by atoms with van der Waals surface area (Å²) in [5.74, 6) is -1.63. The quantitative estimate of drug-likeness (QED) is 0.697. The van der Waals surface area contributed by atoms with Crippen molar-refractivity contribution in [2.24, 2.45) is 5.14 Å². The average Bonchev–Trinajstić information content (AvgIpc) is 2.30. The summed E-state index contributed by atoms with van der Waals surface area (Å²) in [7, 11) is -3.84. The third-order valence-corrected chi connectivity index (χ3v) is 4.10. The molecule has 4 N–H and O–H groups in total. The Morgan fingerprint density at radius 2 is 2.00 bits per heavy atom. The first-order chi connectivity index (χ1) is 9.20. The standard InChI is InChI=1S/C11H14N2O5S2/c1-7-2-3-8(20(12,17)18)4-9(7)13-10(14)5-19-6-11(15)16/h2-4H,5-6H2,1H3,(H,13,14)(H,15,16)(H2,12,17,18). The smallest absolute Gasteiger partial charge is 0.313 e.